The van der Waals surface area contributed by atoms with E-state index < -0.39 is 12.0 Å². The Morgan fingerprint density at radius 1 is 1.67 bits per heavy atom. The van der Waals surface area contributed by atoms with Crippen molar-refractivity contribution in [2.75, 3.05) is 7.05 Å². The largest absolute Gasteiger partial charge is 0.548 e. The smallest absolute Gasteiger partial charge is 0.0895 e. The number of carboxylic acids is 1. The second-order valence-electron chi connectivity index (χ2n) is 2.30. The minimum atomic E-state index is -1.17. The van der Waals surface area contributed by atoms with Gasteiger partial charge in [0, 0.05) is 6.20 Å². The van der Waals surface area contributed by atoms with Crippen LogP contribution in [0.2, 0.25) is 0 Å². The molecule has 0 radical (unpaired) electrons. The van der Waals surface area contributed by atoms with Gasteiger partial charge in [-0.1, -0.05) is 6.07 Å². The Morgan fingerprint density at radius 2 is 2.42 bits per heavy atom. The average molecular weight is 165 g/mol. The van der Waals surface area contributed by atoms with Crippen LogP contribution in [0.1, 0.15) is 11.7 Å². The Labute approximate surface area is 70.3 Å². The Hall–Kier alpha value is -1.42. The van der Waals surface area contributed by atoms with Crippen LogP contribution in [0, 0.1) is 0 Å². The SMILES string of the molecule is CNC(C(=O)[O-])c1ccccn1. The zero-order chi connectivity index (χ0) is 8.97. The molecule has 0 aliphatic carbocycles. The van der Waals surface area contributed by atoms with Crippen LogP contribution in [-0.2, 0) is 4.79 Å². The normalized spacial score (nSPS) is 12.4. The van der Waals surface area contributed by atoms with E-state index in [0.29, 0.717) is 5.69 Å². The summed E-state index contributed by atoms with van der Waals surface area (Å²) in [4.78, 5) is 14.4. The Balaban J connectivity index is 2.88. The van der Waals surface area contributed by atoms with E-state index in [0.717, 1.165) is 0 Å². The molecule has 0 spiro atoms. The fourth-order valence-corrected chi connectivity index (χ4v) is 0.933. The number of hydrogen-bond acceptors (Lipinski definition) is 4. The van der Waals surface area contributed by atoms with Crippen LogP contribution in [0.15, 0.2) is 24.4 Å². The van der Waals surface area contributed by atoms with Crippen molar-refractivity contribution in [3.8, 4) is 0 Å². The highest BCUT2D eigenvalue weighted by molar-refractivity contribution is 5.72. The summed E-state index contributed by atoms with van der Waals surface area (Å²) >= 11 is 0. The van der Waals surface area contributed by atoms with E-state index >= 15 is 0 Å². The van der Waals surface area contributed by atoms with Gasteiger partial charge in [-0.05, 0) is 19.2 Å². The van der Waals surface area contributed by atoms with E-state index in [1.165, 1.54) is 0 Å². The van der Waals surface area contributed by atoms with Crippen molar-refractivity contribution in [2.45, 2.75) is 6.04 Å². The third kappa shape index (κ3) is 1.79. The van der Waals surface area contributed by atoms with Gasteiger partial charge in [-0.25, -0.2) is 0 Å². The van der Waals surface area contributed by atoms with Crippen molar-refractivity contribution < 1.29 is 9.90 Å². The maximum Gasteiger partial charge on any atom is 0.0895 e. The first-order valence-electron chi connectivity index (χ1n) is 3.54. The van der Waals surface area contributed by atoms with Gasteiger partial charge in [-0.2, -0.15) is 0 Å². The molecule has 1 N–H and O–H groups in total. The van der Waals surface area contributed by atoms with E-state index in [1.807, 2.05) is 0 Å². The van der Waals surface area contributed by atoms with Gasteiger partial charge in [0.05, 0.1) is 17.7 Å². The fourth-order valence-electron chi connectivity index (χ4n) is 0.933. The topological polar surface area (TPSA) is 65.0 Å². The van der Waals surface area contributed by atoms with E-state index in [1.54, 1.807) is 31.4 Å². The maximum atomic E-state index is 10.5. The van der Waals surface area contributed by atoms with Crippen molar-refractivity contribution >= 4 is 5.97 Å². The predicted octanol–water partition coefficient (Wildman–Crippen LogP) is -0.908. The number of likely N-dealkylation sites (N-methyl/N-ethyl adjacent to an activating group) is 1. The predicted molar refractivity (Wildman–Crippen MR) is 41.0 cm³/mol. The molecule has 0 bridgehead atoms. The molecular weight excluding hydrogens is 156 g/mol. The molecule has 0 aliphatic heterocycles. The molecule has 1 atom stereocenters. The second-order valence-corrected chi connectivity index (χ2v) is 2.30. The summed E-state index contributed by atoms with van der Waals surface area (Å²) in [5.41, 5.74) is 0.458. The molecule has 1 aromatic heterocycles. The van der Waals surface area contributed by atoms with Crippen LogP contribution >= 0.6 is 0 Å². The van der Waals surface area contributed by atoms with Crippen LogP contribution in [0.5, 0.6) is 0 Å². The maximum absolute atomic E-state index is 10.5. The molecule has 1 unspecified atom stereocenters. The Morgan fingerprint density at radius 3 is 2.83 bits per heavy atom. The minimum absolute atomic E-state index is 0.458. The number of hydrogen-bond donors (Lipinski definition) is 1. The van der Waals surface area contributed by atoms with Gasteiger partial charge < -0.3 is 15.2 Å². The molecule has 0 aromatic carbocycles. The lowest BCUT2D eigenvalue weighted by Crippen LogP contribution is -2.37. The van der Waals surface area contributed by atoms with Gasteiger partial charge in [0.25, 0.3) is 0 Å². The van der Waals surface area contributed by atoms with Gasteiger partial charge >= 0.3 is 0 Å². The summed E-state index contributed by atoms with van der Waals surface area (Å²) in [7, 11) is 1.55. The van der Waals surface area contributed by atoms with Crippen LogP contribution in [0.25, 0.3) is 0 Å². The first-order valence-corrected chi connectivity index (χ1v) is 3.54. The quantitative estimate of drug-likeness (QED) is 0.630. The van der Waals surface area contributed by atoms with Gasteiger partial charge in [-0.3, -0.25) is 4.98 Å². The molecule has 0 saturated carbocycles. The van der Waals surface area contributed by atoms with Gasteiger partial charge in [-0.15, -0.1) is 0 Å². The van der Waals surface area contributed by atoms with Gasteiger partial charge in [0.15, 0.2) is 0 Å². The summed E-state index contributed by atoms with van der Waals surface area (Å²) in [5.74, 6) is -1.17. The number of carboxylic acid groups (broad SMARTS) is 1. The summed E-state index contributed by atoms with van der Waals surface area (Å²) in [6, 6.07) is 4.27. The summed E-state index contributed by atoms with van der Waals surface area (Å²) in [5, 5.41) is 13.1. The zero-order valence-electron chi connectivity index (χ0n) is 6.65. The van der Waals surface area contributed by atoms with E-state index in [4.69, 9.17) is 0 Å². The summed E-state index contributed by atoms with van der Waals surface area (Å²) in [6.45, 7) is 0. The first kappa shape index (κ1) is 8.67. The number of nitrogens with one attached hydrogen (secondary N) is 1. The van der Waals surface area contributed by atoms with Crippen molar-refractivity contribution in [1.82, 2.24) is 10.3 Å². The molecule has 1 heterocycles. The van der Waals surface area contributed by atoms with Crippen molar-refractivity contribution in [3.05, 3.63) is 30.1 Å². The molecule has 1 rings (SSSR count). The number of carbonyl (C=O) groups excluding carboxylic acids is 1. The molecule has 1 aromatic rings. The fraction of sp³-hybridized carbons (Fsp3) is 0.250. The van der Waals surface area contributed by atoms with E-state index in [-0.39, 0.29) is 0 Å². The standard InChI is InChI=1S/C8H10N2O2/c1-9-7(8(11)12)6-4-2-3-5-10-6/h2-5,7,9H,1H3,(H,11,12)/p-1. The number of aliphatic carboxylic acids is 1. The molecule has 0 aliphatic rings. The highest BCUT2D eigenvalue weighted by Gasteiger charge is 2.09. The molecule has 0 fully saturated rings. The van der Waals surface area contributed by atoms with Crippen LogP contribution in [0.3, 0.4) is 0 Å². The monoisotopic (exact) mass is 165 g/mol. The highest BCUT2D eigenvalue weighted by Crippen LogP contribution is 2.06. The average Bonchev–Trinajstić information content (AvgIpc) is 2.07. The Kier molecular flexibility index (Phi) is 2.76. The molecule has 64 valence electrons. The number of aromatic nitrogens is 1. The highest BCUT2D eigenvalue weighted by atomic mass is 16.4. The number of nitrogens with zero attached hydrogens (tertiary/aromatic N) is 1. The number of rotatable bonds is 3. The lowest BCUT2D eigenvalue weighted by atomic mass is 10.2. The Bertz CT molecular complexity index is 261. The minimum Gasteiger partial charge on any atom is -0.548 e. The summed E-state index contributed by atoms with van der Waals surface area (Å²) in [6.07, 6.45) is 1.54. The van der Waals surface area contributed by atoms with E-state index in [2.05, 4.69) is 10.3 Å². The molecule has 4 nitrogen and oxygen atoms in total. The van der Waals surface area contributed by atoms with Gasteiger partial charge in [0.1, 0.15) is 0 Å². The van der Waals surface area contributed by atoms with Crippen molar-refractivity contribution in [3.63, 3.8) is 0 Å². The van der Waals surface area contributed by atoms with Crippen molar-refractivity contribution in [1.29, 1.82) is 0 Å². The summed E-state index contributed by atoms with van der Waals surface area (Å²) < 4.78 is 0. The second kappa shape index (κ2) is 3.82. The molecule has 0 amide bonds. The van der Waals surface area contributed by atoms with E-state index in [9.17, 15) is 9.90 Å². The third-order valence-electron chi connectivity index (χ3n) is 1.51. The van der Waals surface area contributed by atoms with Crippen molar-refractivity contribution in [2.24, 2.45) is 0 Å². The first-order chi connectivity index (χ1) is 5.75. The molecule has 4 heteroatoms. The number of pyridine rings is 1. The molecule has 12 heavy (non-hydrogen) atoms. The number of carbonyl (C=O) groups is 1. The van der Waals surface area contributed by atoms with Crippen LogP contribution < -0.4 is 10.4 Å². The molecular formula is C8H9N2O2-. The van der Waals surface area contributed by atoms with Crippen LogP contribution in [0.4, 0.5) is 0 Å². The lowest BCUT2D eigenvalue weighted by Gasteiger charge is -2.15. The third-order valence-corrected chi connectivity index (χ3v) is 1.51. The van der Waals surface area contributed by atoms with Crippen LogP contribution in [-0.4, -0.2) is 18.0 Å². The zero-order valence-corrected chi connectivity index (χ0v) is 6.65. The van der Waals surface area contributed by atoms with Gasteiger partial charge in [0.2, 0.25) is 0 Å². The lowest BCUT2D eigenvalue weighted by molar-refractivity contribution is -0.308. The molecule has 0 saturated heterocycles.